The second-order valence-electron chi connectivity index (χ2n) is 4.32. The number of hydrogen-bond acceptors (Lipinski definition) is 3. The first-order valence-corrected chi connectivity index (χ1v) is 6.75. The molecule has 0 aromatic carbocycles. The van der Waals surface area contributed by atoms with E-state index >= 15 is 0 Å². The van der Waals surface area contributed by atoms with E-state index in [1.54, 1.807) is 4.90 Å². The van der Waals surface area contributed by atoms with E-state index in [0.717, 1.165) is 5.75 Å². The number of hydrogen-bond donors (Lipinski definition) is 1. The van der Waals surface area contributed by atoms with E-state index in [-0.39, 0.29) is 29.0 Å². The summed E-state index contributed by atoms with van der Waals surface area (Å²) in [5, 5.41) is 2.34. The van der Waals surface area contributed by atoms with Gasteiger partial charge in [0.15, 0.2) is 0 Å². The summed E-state index contributed by atoms with van der Waals surface area (Å²) in [5.74, 6) is 0.834. The van der Waals surface area contributed by atoms with Gasteiger partial charge < -0.3 is 4.90 Å². The van der Waals surface area contributed by atoms with Crippen LogP contribution in [0.5, 0.6) is 0 Å². The van der Waals surface area contributed by atoms with Gasteiger partial charge in [0.1, 0.15) is 0 Å². The predicted octanol–water partition coefficient (Wildman–Crippen LogP) is 1.68. The Kier molecular flexibility index (Phi) is 4.92. The summed E-state index contributed by atoms with van der Waals surface area (Å²) in [6.07, 6.45) is 0.180. The minimum absolute atomic E-state index is 0.0606. The Bertz CT molecular complexity index is 284. The van der Waals surface area contributed by atoms with Crippen molar-refractivity contribution >= 4 is 35.3 Å². The van der Waals surface area contributed by atoms with Crippen molar-refractivity contribution < 1.29 is 9.59 Å². The average molecular weight is 265 g/mol. The molecule has 0 unspecified atom stereocenters. The van der Waals surface area contributed by atoms with E-state index in [4.69, 9.17) is 11.6 Å². The third kappa shape index (κ3) is 4.22. The van der Waals surface area contributed by atoms with Crippen LogP contribution in [-0.2, 0) is 4.79 Å². The van der Waals surface area contributed by atoms with Gasteiger partial charge in [-0.3, -0.25) is 10.1 Å². The Morgan fingerprint density at radius 2 is 2.19 bits per heavy atom. The van der Waals surface area contributed by atoms with Gasteiger partial charge in [0.25, 0.3) is 0 Å². The largest absolute Gasteiger partial charge is 0.324 e. The number of alkyl halides is 1. The first kappa shape index (κ1) is 13.6. The molecule has 0 atom stereocenters. The summed E-state index contributed by atoms with van der Waals surface area (Å²) in [6.45, 7) is 5.54. The molecule has 6 heteroatoms. The van der Waals surface area contributed by atoms with Crippen LogP contribution in [0.2, 0.25) is 0 Å². The van der Waals surface area contributed by atoms with Gasteiger partial charge >= 0.3 is 6.03 Å². The first-order chi connectivity index (χ1) is 7.44. The lowest BCUT2D eigenvalue weighted by Crippen LogP contribution is -2.51. The molecule has 1 aliphatic heterocycles. The topological polar surface area (TPSA) is 49.4 Å². The Labute approximate surface area is 105 Å². The third-order valence-electron chi connectivity index (χ3n) is 2.28. The van der Waals surface area contributed by atoms with Crippen molar-refractivity contribution in [1.29, 1.82) is 0 Å². The maximum Gasteiger partial charge on any atom is 0.324 e. The van der Waals surface area contributed by atoms with Crippen LogP contribution in [0, 0.1) is 0 Å². The van der Waals surface area contributed by atoms with Crippen LogP contribution in [0.4, 0.5) is 4.79 Å². The Balaban J connectivity index is 2.45. The molecule has 3 amide bonds. The highest BCUT2D eigenvalue weighted by molar-refractivity contribution is 8.00. The quantitative estimate of drug-likeness (QED) is 0.772. The van der Waals surface area contributed by atoms with Crippen molar-refractivity contribution in [3.05, 3.63) is 0 Å². The Morgan fingerprint density at radius 3 is 2.75 bits per heavy atom. The molecule has 1 heterocycles. The zero-order chi connectivity index (χ0) is 12.2. The summed E-state index contributed by atoms with van der Waals surface area (Å²) < 4.78 is 0.0606. The van der Waals surface area contributed by atoms with E-state index < -0.39 is 0 Å². The van der Waals surface area contributed by atoms with Gasteiger partial charge in [-0.25, -0.2) is 4.79 Å². The van der Waals surface area contributed by atoms with Crippen molar-refractivity contribution in [1.82, 2.24) is 10.2 Å². The molecule has 1 saturated heterocycles. The Hall–Kier alpha value is -0.420. The zero-order valence-electron chi connectivity index (χ0n) is 9.59. The smallest absolute Gasteiger partial charge is 0.322 e. The molecule has 1 aliphatic rings. The summed E-state index contributed by atoms with van der Waals surface area (Å²) in [7, 11) is 0. The molecule has 4 nitrogen and oxygen atoms in total. The number of amides is 3. The Morgan fingerprint density at radius 1 is 1.50 bits per heavy atom. The summed E-state index contributed by atoms with van der Waals surface area (Å²) in [5.41, 5.74) is 0. The highest BCUT2D eigenvalue weighted by Gasteiger charge is 2.30. The lowest BCUT2D eigenvalue weighted by Gasteiger charge is -2.37. The monoisotopic (exact) mass is 264 g/mol. The van der Waals surface area contributed by atoms with Gasteiger partial charge in [0, 0.05) is 35.9 Å². The van der Waals surface area contributed by atoms with Crippen LogP contribution in [0.25, 0.3) is 0 Å². The van der Waals surface area contributed by atoms with Crippen molar-refractivity contribution in [3.8, 4) is 0 Å². The normalized spacial score (nSPS) is 19.3. The molecule has 0 radical (unpaired) electrons. The van der Waals surface area contributed by atoms with Crippen molar-refractivity contribution in [2.24, 2.45) is 0 Å². The second-order valence-corrected chi connectivity index (χ2v) is 6.50. The summed E-state index contributed by atoms with van der Waals surface area (Å²) in [6, 6.07) is -0.302. The molecule has 92 valence electrons. The lowest BCUT2D eigenvalue weighted by atomic mass is 10.2. The molecule has 0 aromatic rings. The number of halogens is 1. The van der Waals surface area contributed by atoms with Crippen LogP contribution in [0.3, 0.4) is 0 Å². The fourth-order valence-electron chi connectivity index (χ4n) is 1.54. The number of thioether (sulfide) groups is 1. The molecule has 1 rings (SSSR count). The van der Waals surface area contributed by atoms with E-state index in [0.29, 0.717) is 13.1 Å². The molecule has 1 fully saturated rings. The van der Waals surface area contributed by atoms with Gasteiger partial charge in [-0.05, 0) is 13.8 Å². The minimum Gasteiger partial charge on any atom is -0.322 e. The highest BCUT2D eigenvalue weighted by atomic mass is 35.5. The van der Waals surface area contributed by atoms with Crippen LogP contribution in [-0.4, -0.2) is 46.3 Å². The molecule has 0 spiro atoms. The molecular weight excluding hydrogens is 248 g/mol. The fourth-order valence-corrected chi connectivity index (χ4v) is 2.82. The molecular formula is C10H17ClN2O2S. The number of urea groups is 1. The SMILES string of the molecule is CC1(C)CN(C(=O)NC(=O)CCCl)CCS1. The van der Waals surface area contributed by atoms with Gasteiger partial charge in [0.05, 0.1) is 0 Å². The lowest BCUT2D eigenvalue weighted by molar-refractivity contribution is -0.119. The fraction of sp³-hybridized carbons (Fsp3) is 0.800. The van der Waals surface area contributed by atoms with Gasteiger partial charge in [-0.1, -0.05) is 0 Å². The van der Waals surface area contributed by atoms with Crippen molar-refractivity contribution in [2.75, 3.05) is 24.7 Å². The zero-order valence-corrected chi connectivity index (χ0v) is 11.2. The molecule has 0 saturated carbocycles. The highest BCUT2D eigenvalue weighted by Crippen LogP contribution is 2.29. The number of rotatable bonds is 2. The number of carbonyl (C=O) groups is 2. The maximum atomic E-state index is 11.7. The summed E-state index contributed by atoms with van der Waals surface area (Å²) in [4.78, 5) is 24.6. The van der Waals surface area contributed by atoms with Gasteiger partial charge in [-0.2, -0.15) is 11.8 Å². The number of carbonyl (C=O) groups excluding carboxylic acids is 2. The average Bonchev–Trinajstić information content (AvgIpc) is 2.16. The number of nitrogens with one attached hydrogen (secondary N) is 1. The molecule has 16 heavy (non-hydrogen) atoms. The molecule has 0 bridgehead atoms. The van der Waals surface area contributed by atoms with E-state index in [1.165, 1.54) is 0 Å². The molecule has 0 aliphatic carbocycles. The molecule has 1 N–H and O–H groups in total. The van der Waals surface area contributed by atoms with Gasteiger partial charge in [0.2, 0.25) is 5.91 Å². The number of nitrogens with zero attached hydrogens (tertiary/aromatic N) is 1. The van der Waals surface area contributed by atoms with Gasteiger partial charge in [-0.15, -0.1) is 11.6 Å². The van der Waals surface area contributed by atoms with E-state index in [2.05, 4.69) is 19.2 Å². The van der Waals surface area contributed by atoms with Crippen molar-refractivity contribution in [2.45, 2.75) is 25.0 Å². The van der Waals surface area contributed by atoms with Crippen LogP contribution in [0.1, 0.15) is 20.3 Å². The number of imide groups is 1. The first-order valence-electron chi connectivity index (χ1n) is 5.23. The van der Waals surface area contributed by atoms with E-state index in [1.807, 2.05) is 11.8 Å². The second kappa shape index (κ2) is 5.77. The standard InChI is InChI=1S/C10H17ClN2O2S/c1-10(2)7-13(5-6-16-10)9(15)12-8(14)3-4-11/h3-7H2,1-2H3,(H,12,14,15). The van der Waals surface area contributed by atoms with Crippen LogP contribution < -0.4 is 5.32 Å². The minimum atomic E-state index is -0.309. The molecule has 0 aromatic heterocycles. The van der Waals surface area contributed by atoms with Crippen LogP contribution in [0.15, 0.2) is 0 Å². The third-order valence-corrected chi connectivity index (χ3v) is 3.77. The van der Waals surface area contributed by atoms with Crippen LogP contribution >= 0.6 is 23.4 Å². The van der Waals surface area contributed by atoms with Crippen molar-refractivity contribution in [3.63, 3.8) is 0 Å². The predicted molar refractivity (Wildman–Crippen MR) is 67.0 cm³/mol. The maximum absolute atomic E-state index is 11.7. The summed E-state index contributed by atoms with van der Waals surface area (Å²) >= 11 is 7.26. The van der Waals surface area contributed by atoms with E-state index in [9.17, 15) is 9.59 Å².